The molecule has 9 N–H and O–H groups in total. The molecule has 14 nitrogen and oxygen atoms in total. The molecule has 0 atom stereocenters. The molecule has 88 heavy (non-hydrogen) atoms. The van der Waals surface area contributed by atoms with Gasteiger partial charge in [-0.15, -0.1) is 0 Å². The maximum Gasteiger partial charge on any atom is 0.184 e. The Balaban J connectivity index is 0.000000140. The third kappa shape index (κ3) is 14.6. The molecule has 0 radical (unpaired) electrons. The lowest BCUT2D eigenvalue weighted by Gasteiger charge is -2.16. The van der Waals surface area contributed by atoms with E-state index in [4.69, 9.17) is 4.74 Å². The average Bonchev–Trinajstić information content (AvgIpc) is 1.77. The normalized spacial score (nSPS) is 11.8. The van der Waals surface area contributed by atoms with Gasteiger partial charge in [-0.2, -0.15) is 0 Å². The number of H-pyrrole nitrogens is 5. The van der Waals surface area contributed by atoms with Gasteiger partial charge in [-0.1, -0.05) is 95.2 Å². The molecule has 0 saturated heterocycles. The van der Waals surface area contributed by atoms with Crippen LogP contribution in [0.1, 0.15) is 130 Å². The molecule has 0 bridgehead atoms. The number of ether oxygens (including phenoxy) is 1. The van der Waals surface area contributed by atoms with Gasteiger partial charge in [0.05, 0.1) is 24.9 Å². The van der Waals surface area contributed by atoms with Gasteiger partial charge in [-0.25, -0.2) is 0 Å². The van der Waals surface area contributed by atoms with Crippen LogP contribution in [-0.4, -0.2) is 70.5 Å². The van der Waals surface area contributed by atoms with Gasteiger partial charge < -0.3 is 50.3 Å². The van der Waals surface area contributed by atoms with Crippen LogP contribution in [0.3, 0.4) is 0 Å². The summed E-state index contributed by atoms with van der Waals surface area (Å²) in [5.74, 6) is 2.08. The lowest BCUT2D eigenvalue weighted by molar-refractivity contribution is 0.0849. The number of Topliss-reactive ketones (excluding diaryl/α,β-unsaturated/α-hetero) is 4. The predicted molar refractivity (Wildman–Crippen MR) is 356 cm³/mol. The number of carbonyl (C=O) groups excluding carboxylic acids is 4. The van der Waals surface area contributed by atoms with E-state index in [0.29, 0.717) is 12.2 Å². The fourth-order valence-electron chi connectivity index (χ4n) is 10.1. The van der Waals surface area contributed by atoms with Crippen molar-refractivity contribution in [3.63, 3.8) is 0 Å². The molecule has 7 aromatic carbocycles. The van der Waals surface area contributed by atoms with Crippen LogP contribution >= 0.6 is 0 Å². The van der Waals surface area contributed by atoms with Crippen molar-refractivity contribution in [3.05, 3.63) is 198 Å². The van der Waals surface area contributed by atoms with Gasteiger partial charge in [-0.05, 0) is 163 Å². The first-order valence-electron chi connectivity index (χ1n) is 29.3. The molecular formula is C74H78N6O8. The highest BCUT2D eigenvalue weighted by Crippen LogP contribution is 2.34. The van der Waals surface area contributed by atoms with Gasteiger partial charge >= 0.3 is 0 Å². The Labute approximate surface area is 512 Å². The van der Waals surface area contributed by atoms with E-state index in [1.807, 2.05) is 210 Å². The van der Waals surface area contributed by atoms with Gasteiger partial charge in [0.2, 0.25) is 0 Å². The number of nitrogens with one attached hydrogen (secondary N) is 6. The molecule has 0 amide bonds. The smallest absolute Gasteiger partial charge is 0.184 e. The van der Waals surface area contributed by atoms with Crippen molar-refractivity contribution in [2.24, 2.45) is 21.7 Å². The molecule has 0 fully saturated rings. The minimum atomic E-state index is -0.406. The molecule has 14 heteroatoms. The fraction of sp³-hybridized carbons (Fsp3) is 0.243. The largest absolute Gasteiger partial charge is 0.508 e. The number of phenols is 3. The van der Waals surface area contributed by atoms with Crippen LogP contribution in [0.4, 0.5) is 5.69 Å². The Bertz CT molecular complexity index is 4360. The molecule has 0 saturated carbocycles. The second-order valence-corrected chi connectivity index (χ2v) is 26.4. The van der Waals surface area contributed by atoms with Crippen molar-refractivity contribution in [3.8, 4) is 45.5 Å². The molecule has 452 valence electrons. The molecule has 12 aromatic rings. The Morgan fingerprint density at radius 3 is 1.39 bits per heavy atom. The number of anilines is 1. The number of aromatic hydroxyl groups is 3. The maximum absolute atomic E-state index is 12.4. The summed E-state index contributed by atoms with van der Waals surface area (Å²) in [5.41, 5.74) is 12.0. The molecule has 0 aliphatic carbocycles. The summed E-state index contributed by atoms with van der Waals surface area (Å²) in [6.45, 7) is 23.8. The SMILES string of the molecule is CC(C)(C)C(=O)c1cc2c([nH]1)[nH]c1cc(O)ccc12.CC(C)(C)C(=O)c1ccc2[nH]c(-c3ccc(O)cc3)cc2c1.CC(C)(C)C(=O)c1ccc2cc(-c3ccc(O)cc3)[nH]c2c1.COc1ccc(NCc2cc3cc(C(=O)C(C)(C)C)ccc3[nH]2)cc1. The number of hydrogen-bond donors (Lipinski definition) is 9. The minimum Gasteiger partial charge on any atom is -0.508 e. The lowest BCUT2D eigenvalue weighted by Crippen LogP contribution is -2.20. The van der Waals surface area contributed by atoms with Gasteiger partial charge in [0.1, 0.15) is 28.6 Å². The highest BCUT2D eigenvalue weighted by Gasteiger charge is 2.27. The zero-order valence-corrected chi connectivity index (χ0v) is 52.3. The predicted octanol–water partition coefficient (Wildman–Crippen LogP) is 18.1. The summed E-state index contributed by atoms with van der Waals surface area (Å²) in [4.78, 5) is 65.8. The van der Waals surface area contributed by atoms with E-state index < -0.39 is 5.41 Å². The first kappa shape index (κ1) is 62.5. The van der Waals surface area contributed by atoms with Crippen molar-refractivity contribution in [2.45, 2.75) is 89.6 Å². The summed E-state index contributed by atoms with van der Waals surface area (Å²) < 4.78 is 5.16. The second-order valence-electron chi connectivity index (χ2n) is 26.4. The molecule has 12 rings (SSSR count). The summed E-state index contributed by atoms with van der Waals surface area (Å²) in [6, 6.07) is 52.5. The van der Waals surface area contributed by atoms with E-state index in [1.165, 1.54) is 0 Å². The molecule has 5 heterocycles. The minimum absolute atomic E-state index is 0.0871. The Morgan fingerprint density at radius 1 is 0.398 bits per heavy atom. The fourth-order valence-corrected chi connectivity index (χ4v) is 10.1. The number of hydrogen-bond acceptors (Lipinski definition) is 9. The van der Waals surface area contributed by atoms with Crippen molar-refractivity contribution < 1.29 is 39.2 Å². The number of rotatable bonds is 10. The molecule has 0 unspecified atom stereocenters. The summed E-state index contributed by atoms with van der Waals surface area (Å²) in [6.07, 6.45) is 0. The van der Waals surface area contributed by atoms with Crippen LogP contribution in [0.5, 0.6) is 23.0 Å². The Hall–Kier alpha value is -10.1. The van der Waals surface area contributed by atoms with Crippen molar-refractivity contribution in [1.29, 1.82) is 0 Å². The highest BCUT2D eigenvalue weighted by atomic mass is 16.5. The zero-order valence-electron chi connectivity index (χ0n) is 52.3. The van der Waals surface area contributed by atoms with E-state index in [1.54, 1.807) is 43.5 Å². The van der Waals surface area contributed by atoms with E-state index in [2.05, 4.69) is 36.3 Å². The van der Waals surface area contributed by atoms with Crippen molar-refractivity contribution in [2.75, 3.05) is 12.4 Å². The van der Waals surface area contributed by atoms with Gasteiger partial charge in [-0.3, -0.25) is 19.2 Å². The van der Waals surface area contributed by atoms with Crippen LogP contribution in [0.15, 0.2) is 170 Å². The maximum atomic E-state index is 12.4. The summed E-state index contributed by atoms with van der Waals surface area (Å²) >= 11 is 0. The standard InChI is InChI=1S/C21H24N2O2.2C19H19NO2.C15H16N2O2/c1-21(2,3)20(24)14-5-10-19-15(11-14)12-17(23-19)13-22-16-6-8-18(25-4)9-7-16;1-19(2,3)18(22)13-6-9-16-14(10-13)11-17(20-16)12-4-7-15(21)8-5-12;1-19(2,3)18(22)14-5-4-13-10-16(20-17(13)11-14)12-6-8-15(21)9-7-12;1-15(2,3)13(19)12-7-10-9-5-4-8(18)6-11(9)16-14(10)17-12/h5-12,22-23H,13H2,1-4H3;2*4-11,20-21H,1-3H3;4-7,16-18H,1-3H3. The monoisotopic (exact) mass is 1180 g/mol. The van der Waals surface area contributed by atoms with E-state index in [-0.39, 0.29) is 56.6 Å². The second kappa shape index (κ2) is 24.7. The zero-order chi connectivity index (χ0) is 63.6. The number of benzene rings is 7. The van der Waals surface area contributed by atoms with Crippen molar-refractivity contribution >= 4 is 83.5 Å². The average molecular weight is 1180 g/mol. The number of phenolic OH excluding ortho intramolecular Hbond substituents is 3. The number of aromatic nitrogens is 5. The van der Waals surface area contributed by atoms with E-state index in [0.717, 1.165) is 111 Å². The third-order valence-electron chi connectivity index (χ3n) is 15.0. The highest BCUT2D eigenvalue weighted by molar-refractivity contribution is 6.11. The number of aromatic amines is 5. The Morgan fingerprint density at radius 2 is 0.864 bits per heavy atom. The topological polar surface area (TPSA) is 229 Å². The molecule has 5 aromatic heterocycles. The van der Waals surface area contributed by atoms with E-state index >= 15 is 0 Å². The first-order chi connectivity index (χ1) is 41.4. The molecule has 0 aliphatic heterocycles. The summed E-state index contributed by atoms with van der Waals surface area (Å²) in [5, 5.41) is 36.7. The van der Waals surface area contributed by atoms with Crippen LogP contribution in [0, 0.1) is 21.7 Å². The third-order valence-corrected chi connectivity index (χ3v) is 15.0. The van der Waals surface area contributed by atoms with Crippen molar-refractivity contribution in [1.82, 2.24) is 24.9 Å². The Kier molecular flexibility index (Phi) is 17.5. The van der Waals surface area contributed by atoms with Gasteiger partial charge in [0.15, 0.2) is 23.1 Å². The van der Waals surface area contributed by atoms with Gasteiger partial charge in [0, 0.05) is 111 Å². The first-order valence-corrected chi connectivity index (χ1v) is 29.3. The number of fused-ring (bicyclic) bond motifs is 6. The molecule has 0 aliphatic rings. The molecular weight excluding hydrogens is 1100 g/mol. The van der Waals surface area contributed by atoms with E-state index in [9.17, 15) is 34.5 Å². The number of methoxy groups -OCH3 is 1. The summed E-state index contributed by atoms with van der Waals surface area (Å²) in [7, 11) is 1.66. The van der Waals surface area contributed by atoms with Crippen LogP contribution in [-0.2, 0) is 6.54 Å². The number of carbonyl (C=O) groups is 4. The van der Waals surface area contributed by atoms with Crippen LogP contribution < -0.4 is 10.1 Å². The molecule has 0 spiro atoms. The van der Waals surface area contributed by atoms with Crippen LogP contribution in [0.25, 0.3) is 77.2 Å². The number of ketones is 4. The quantitative estimate of drug-likeness (QED) is 0.0592. The lowest BCUT2D eigenvalue weighted by atomic mass is 9.86. The van der Waals surface area contributed by atoms with Crippen LogP contribution in [0.2, 0.25) is 0 Å². The van der Waals surface area contributed by atoms with Gasteiger partial charge in [0.25, 0.3) is 0 Å².